The first-order chi connectivity index (χ1) is 12.0. The molecule has 136 valence electrons. The Morgan fingerprint density at radius 2 is 1.72 bits per heavy atom. The molecule has 5 heteroatoms. The van der Waals surface area contributed by atoms with E-state index in [1.807, 2.05) is 43.0 Å². The van der Waals surface area contributed by atoms with Crippen LogP contribution in [0.3, 0.4) is 0 Å². The van der Waals surface area contributed by atoms with Crippen molar-refractivity contribution in [3.63, 3.8) is 0 Å². The first-order valence-electron chi connectivity index (χ1n) is 9.39. The topological polar surface area (TPSA) is 58.6 Å². The van der Waals surface area contributed by atoms with Crippen LogP contribution in [0.5, 0.6) is 5.75 Å². The fraction of sp³-hybridized carbons (Fsp3) is 0.600. The third-order valence-corrected chi connectivity index (χ3v) is 4.99. The second kappa shape index (κ2) is 7.46. The maximum atomic E-state index is 13.0. The highest BCUT2D eigenvalue weighted by atomic mass is 16.5. The van der Waals surface area contributed by atoms with Gasteiger partial charge in [-0.2, -0.15) is 0 Å². The van der Waals surface area contributed by atoms with Crippen molar-refractivity contribution >= 4 is 17.5 Å². The van der Waals surface area contributed by atoms with Crippen LogP contribution in [0.1, 0.15) is 52.4 Å². The number of carbonyl (C=O) groups is 2. The third-order valence-electron chi connectivity index (χ3n) is 4.99. The standard InChI is InChI=1S/C20H28N2O3/c1-15(2)25-17-10-6-5-9-16(17)21-18(23)20(11-12-20)19(24)22-13-7-3-4-8-14-22/h5-6,9-10,15H,3-4,7-8,11-14H2,1-2H3,(H,21,23). The summed E-state index contributed by atoms with van der Waals surface area (Å²) in [5.41, 5.74) is -0.230. The quantitative estimate of drug-likeness (QED) is 0.830. The zero-order chi connectivity index (χ0) is 17.9. The van der Waals surface area contributed by atoms with E-state index in [0.29, 0.717) is 24.3 Å². The van der Waals surface area contributed by atoms with Crippen molar-refractivity contribution in [3.05, 3.63) is 24.3 Å². The zero-order valence-corrected chi connectivity index (χ0v) is 15.2. The Hall–Kier alpha value is -2.04. The summed E-state index contributed by atoms with van der Waals surface area (Å²) in [5.74, 6) is 0.458. The highest BCUT2D eigenvalue weighted by molar-refractivity contribution is 6.13. The van der Waals surface area contributed by atoms with Crippen molar-refractivity contribution in [2.45, 2.75) is 58.5 Å². The molecule has 1 aliphatic heterocycles. The molecule has 1 aromatic rings. The molecular formula is C20H28N2O3. The van der Waals surface area contributed by atoms with Crippen molar-refractivity contribution < 1.29 is 14.3 Å². The Bertz CT molecular complexity index is 630. The van der Waals surface area contributed by atoms with Gasteiger partial charge in [0.25, 0.3) is 0 Å². The number of nitrogens with one attached hydrogen (secondary N) is 1. The van der Waals surface area contributed by atoms with Gasteiger partial charge in [-0.25, -0.2) is 0 Å². The molecule has 0 radical (unpaired) electrons. The van der Waals surface area contributed by atoms with Crippen molar-refractivity contribution in [3.8, 4) is 5.75 Å². The van der Waals surface area contributed by atoms with Gasteiger partial charge >= 0.3 is 0 Å². The monoisotopic (exact) mass is 344 g/mol. The summed E-state index contributed by atoms with van der Waals surface area (Å²) in [6.45, 7) is 5.45. The van der Waals surface area contributed by atoms with E-state index in [9.17, 15) is 9.59 Å². The lowest BCUT2D eigenvalue weighted by atomic mass is 10.0. The minimum absolute atomic E-state index is 0.00848. The van der Waals surface area contributed by atoms with Crippen LogP contribution in [0.25, 0.3) is 0 Å². The maximum absolute atomic E-state index is 13.0. The number of para-hydroxylation sites is 2. The first kappa shape index (κ1) is 17.8. The van der Waals surface area contributed by atoms with Gasteiger partial charge in [0.15, 0.2) is 0 Å². The molecule has 0 bridgehead atoms. The number of likely N-dealkylation sites (tertiary alicyclic amines) is 1. The molecule has 0 aromatic heterocycles. The lowest BCUT2D eigenvalue weighted by Crippen LogP contribution is -2.43. The van der Waals surface area contributed by atoms with Crippen molar-refractivity contribution in [1.82, 2.24) is 4.90 Å². The molecule has 1 saturated heterocycles. The van der Waals surface area contributed by atoms with Crippen LogP contribution in [0.15, 0.2) is 24.3 Å². The van der Waals surface area contributed by atoms with E-state index in [2.05, 4.69) is 5.32 Å². The van der Waals surface area contributed by atoms with E-state index < -0.39 is 5.41 Å². The Balaban J connectivity index is 1.71. The second-order valence-corrected chi connectivity index (χ2v) is 7.41. The van der Waals surface area contributed by atoms with Gasteiger partial charge in [0.1, 0.15) is 11.2 Å². The molecule has 1 saturated carbocycles. The van der Waals surface area contributed by atoms with Crippen molar-refractivity contribution in [1.29, 1.82) is 0 Å². The molecule has 1 aliphatic carbocycles. The SMILES string of the molecule is CC(C)Oc1ccccc1NC(=O)C1(C(=O)N2CCCCCC2)CC1. The number of ether oxygens (including phenoxy) is 1. The van der Waals surface area contributed by atoms with Gasteiger partial charge in [-0.3, -0.25) is 9.59 Å². The van der Waals surface area contributed by atoms with Gasteiger partial charge in [0.05, 0.1) is 11.8 Å². The molecule has 2 amide bonds. The van der Waals surface area contributed by atoms with Crippen molar-refractivity contribution in [2.24, 2.45) is 5.41 Å². The first-order valence-corrected chi connectivity index (χ1v) is 9.39. The molecule has 2 aliphatic rings. The number of rotatable bonds is 5. The van der Waals surface area contributed by atoms with Crippen LogP contribution >= 0.6 is 0 Å². The minimum Gasteiger partial charge on any atom is -0.489 e. The van der Waals surface area contributed by atoms with Crippen LogP contribution in [0.4, 0.5) is 5.69 Å². The summed E-state index contributed by atoms with van der Waals surface area (Å²) in [6.07, 6.45) is 5.71. The van der Waals surface area contributed by atoms with E-state index in [1.54, 1.807) is 0 Å². The molecule has 3 rings (SSSR count). The highest BCUT2D eigenvalue weighted by Gasteiger charge is 2.58. The summed E-state index contributed by atoms with van der Waals surface area (Å²) < 4.78 is 5.76. The predicted octanol–water partition coefficient (Wildman–Crippen LogP) is 3.60. The Kier molecular flexibility index (Phi) is 5.30. The molecule has 1 heterocycles. The minimum atomic E-state index is -0.866. The predicted molar refractivity (Wildman–Crippen MR) is 97.6 cm³/mol. The van der Waals surface area contributed by atoms with Gasteiger partial charge in [0, 0.05) is 13.1 Å². The fourth-order valence-electron chi connectivity index (χ4n) is 3.41. The number of benzene rings is 1. The lowest BCUT2D eigenvalue weighted by molar-refractivity contribution is -0.142. The van der Waals surface area contributed by atoms with Gasteiger partial charge < -0.3 is 15.0 Å². The highest BCUT2D eigenvalue weighted by Crippen LogP contribution is 2.48. The smallest absolute Gasteiger partial charge is 0.240 e. The molecule has 1 N–H and O–H groups in total. The lowest BCUT2D eigenvalue weighted by Gasteiger charge is -2.26. The number of nitrogens with zero attached hydrogens (tertiary/aromatic N) is 1. The molecule has 0 atom stereocenters. The van der Waals surface area contributed by atoms with E-state index in [1.165, 1.54) is 12.8 Å². The summed E-state index contributed by atoms with van der Waals surface area (Å²) >= 11 is 0. The Morgan fingerprint density at radius 3 is 2.32 bits per heavy atom. The van der Waals surface area contributed by atoms with Gasteiger partial charge in [0.2, 0.25) is 11.8 Å². The van der Waals surface area contributed by atoms with Crippen LogP contribution < -0.4 is 10.1 Å². The molecule has 0 spiro atoms. The van der Waals surface area contributed by atoms with Gasteiger partial charge in [-0.1, -0.05) is 25.0 Å². The fourth-order valence-corrected chi connectivity index (χ4v) is 3.41. The zero-order valence-electron chi connectivity index (χ0n) is 15.2. The molecule has 5 nitrogen and oxygen atoms in total. The summed E-state index contributed by atoms with van der Waals surface area (Å²) in [7, 11) is 0. The second-order valence-electron chi connectivity index (χ2n) is 7.41. The van der Waals surface area contributed by atoms with Crippen LogP contribution in [-0.4, -0.2) is 35.9 Å². The van der Waals surface area contributed by atoms with E-state index in [-0.39, 0.29) is 17.9 Å². The molecule has 25 heavy (non-hydrogen) atoms. The molecular weight excluding hydrogens is 316 g/mol. The third kappa shape index (κ3) is 3.97. The van der Waals surface area contributed by atoms with Gasteiger partial charge in [-0.15, -0.1) is 0 Å². The largest absolute Gasteiger partial charge is 0.489 e. The van der Waals surface area contributed by atoms with Gasteiger partial charge in [-0.05, 0) is 51.7 Å². The van der Waals surface area contributed by atoms with Crippen LogP contribution in [-0.2, 0) is 9.59 Å². The number of amides is 2. The molecule has 2 fully saturated rings. The maximum Gasteiger partial charge on any atom is 0.240 e. The molecule has 0 unspecified atom stereocenters. The number of anilines is 1. The van der Waals surface area contributed by atoms with E-state index in [0.717, 1.165) is 25.9 Å². The number of carbonyl (C=O) groups excluding carboxylic acids is 2. The number of hydrogen-bond donors (Lipinski definition) is 1. The Labute approximate surface area is 149 Å². The summed E-state index contributed by atoms with van der Waals surface area (Å²) in [5, 5.41) is 2.94. The number of hydrogen-bond acceptors (Lipinski definition) is 3. The van der Waals surface area contributed by atoms with Crippen LogP contribution in [0.2, 0.25) is 0 Å². The normalized spacial score (nSPS) is 19.2. The summed E-state index contributed by atoms with van der Waals surface area (Å²) in [4.78, 5) is 27.8. The van der Waals surface area contributed by atoms with Crippen LogP contribution in [0, 0.1) is 5.41 Å². The van der Waals surface area contributed by atoms with E-state index >= 15 is 0 Å². The van der Waals surface area contributed by atoms with Crippen molar-refractivity contribution in [2.75, 3.05) is 18.4 Å². The van der Waals surface area contributed by atoms with E-state index in [4.69, 9.17) is 4.74 Å². The average molecular weight is 344 g/mol. The Morgan fingerprint density at radius 1 is 1.08 bits per heavy atom. The summed E-state index contributed by atoms with van der Waals surface area (Å²) in [6, 6.07) is 7.40. The average Bonchev–Trinajstić information content (AvgIpc) is 3.40. The molecule has 1 aromatic carbocycles.